The number of aliphatic hydroxyl groups excluding tert-OH is 3. The van der Waals surface area contributed by atoms with Crippen molar-refractivity contribution >= 4 is 0 Å². The van der Waals surface area contributed by atoms with E-state index in [9.17, 15) is 10.2 Å². The zero-order valence-corrected chi connectivity index (χ0v) is 7.76. The van der Waals surface area contributed by atoms with E-state index in [4.69, 9.17) is 5.11 Å². The Kier molecular flexibility index (Phi) is 2.58. The fourth-order valence-electron chi connectivity index (χ4n) is 2.80. The minimum atomic E-state index is -0.725. The molecule has 2 fully saturated rings. The van der Waals surface area contributed by atoms with Gasteiger partial charge in [0.2, 0.25) is 0 Å². The Hall–Kier alpha value is -0.120. The largest absolute Gasteiger partial charge is 0.394 e. The van der Waals surface area contributed by atoms with E-state index >= 15 is 0 Å². The Balaban J connectivity index is 1.95. The summed E-state index contributed by atoms with van der Waals surface area (Å²) in [5, 5.41) is 28.0. The molecule has 5 unspecified atom stereocenters. The first-order chi connectivity index (χ1) is 6.22. The van der Waals surface area contributed by atoms with Crippen molar-refractivity contribution in [3.63, 3.8) is 0 Å². The lowest BCUT2D eigenvalue weighted by molar-refractivity contribution is -0.0853. The second-order valence-corrected chi connectivity index (χ2v) is 4.55. The third kappa shape index (κ3) is 1.60. The van der Waals surface area contributed by atoms with E-state index in [-0.39, 0.29) is 12.5 Å². The highest BCUT2D eigenvalue weighted by molar-refractivity contribution is 4.93. The molecule has 2 saturated carbocycles. The van der Waals surface area contributed by atoms with Crippen LogP contribution in [0.1, 0.15) is 25.7 Å². The molecule has 3 heteroatoms. The lowest BCUT2D eigenvalue weighted by Crippen LogP contribution is -2.46. The van der Waals surface area contributed by atoms with Crippen molar-refractivity contribution in [2.45, 2.75) is 37.9 Å². The second kappa shape index (κ2) is 3.56. The Morgan fingerprint density at radius 3 is 2.31 bits per heavy atom. The molecule has 0 amide bonds. The van der Waals surface area contributed by atoms with Gasteiger partial charge in [-0.2, -0.15) is 0 Å². The Morgan fingerprint density at radius 1 is 1.15 bits per heavy atom. The summed E-state index contributed by atoms with van der Waals surface area (Å²) in [6.45, 7) is -0.223. The van der Waals surface area contributed by atoms with Crippen molar-refractivity contribution in [3.8, 4) is 0 Å². The molecule has 13 heavy (non-hydrogen) atoms. The van der Waals surface area contributed by atoms with Crippen molar-refractivity contribution in [2.24, 2.45) is 17.8 Å². The average Bonchev–Trinajstić information content (AvgIpc) is 2.10. The van der Waals surface area contributed by atoms with Gasteiger partial charge in [0.05, 0.1) is 18.8 Å². The maximum Gasteiger partial charge on any atom is 0.0823 e. The third-order valence-corrected chi connectivity index (χ3v) is 3.87. The molecular formula is C10H18O3. The molecule has 3 nitrogen and oxygen atoms in total. The van der Waals surface area contributed by atoms with Crippen LogP contribution in [0.3, 0.4) is 0 Å². The van der Waals surface area contributed by atoms with Crippen LogP contribution >= 0.6 is 0 Å². The molecule has 0 bridgehead atoms. The first-order valence-corrected chi connectivity index (χ1v) is 5.19. The summed E-state index contributed by atoms with van der Waals surface area (Å²) in [5.41, 5.74) is 0. The summed E-state index contributed by atoms with van der Waals surface area (Å²) in [6.07, 6.45) is 3.08. The van der Waals surface area contributed by atoms with Crippen molar-refractivity contribution in [1.29, 1.82) is 0 Å². The standard InChI is InChI=1S/C10H18O3/c11-5-10(13)8-3-6-1-2-7(6)4-9(8)12/h6-13H,1-5H2. The van der Waals surface area contributed by atoms with Gasteiger partial charge in [-0.05, 0) is 37.5 Å². The van der Waals surface area contributed by atoms with E-state index in [1.807, 2.05) is 0 Å². The minimum Gasteiger partial charge on any atom is -0.394 e. The molecule has 3 N–H and O–H groups in total. The van der Waals surface area contributed by atoms with Crippen LogP contribution in [-0.4, -0.2) is 34.1 Å². The van der Waals surface area contributed by atoms with Crippen molar-refractivity contribution < 1.29 is 15.3 Å². The first kappa shape index (κ1) is 9.44. The highest BCUT2D eigenvalue weighted by atomic mass is 16.3. The first-order valence-electron chi connectivity index (χ1n) is 5.19. The van der Waals surface area contributed by atoms with Crippen LogP contribution in [0.2, 0.25) is 0 Å². The van der Waals surface area contributed by atoms with Crippen LogP contribution in [0.15, 0.2) is 0 Å². The number of hydrogen-bond donors (Lipinski definition) is 3. The zero-order valence-electron chi connectivity index (χ0n) is 7.76. The quantitative estimate of drug-likeness (QED) is 0.574. The molecule has 2 aliphatic carbocycles. The summed E-state index contributed by atoms with van der Waals surface area (Å²) in [7, 11) is 0. The number of fused-ring (bicyclic) bond motifs is 1. The molecule has 2 rings (SSSR count). The highest BCUT2D eigenvalue weighted by Crippen LogP contribution is 2.47. The number of hydrogen-bond acceptors (Lipinski definition) is 3. The number of aliphatic hydroxyl groups is 3. The fraction of sp³-hybridized carbons (Fsp3) is 1.00. The summed E-state index contributed by atoms with van der Waals surface area (Å²) >= 11 is 0. The molecule has 0 heterocycles. The van der Waals surface area contributed by atoms with Crippen LogP contribution in [0.4, 0.5) is 0 Å². The van der Waals surface area contributed by atoms with Gasteiger partial charge in [0.25, 0.3) is 0 Å². The topological polar surface area (TPSA) is 60.7 Å². The van der Waals surface area contributed by atoms with Gasteiger partial charge in [0, 0.05) is 5.92 Å². The summed E-state index contributed by atoms with van der Waals surface area (Å²) < 4.78 is 0. The molecule has 0 aromatic rings. The van der Waals surface area contributed by atoms with Gasteiger partial charge < -0.3 is 15.3 Å². The van der Waals surface area contributed by atoms with Gasteiger partial charge in [-0.3, -0.25) is 0 Å². The molecule has 0 saturated heterocycles. The molecule has 76 valence electrons. The Bertz CT molecular complexity index is 183. The van der Waals surface area contributed by atoms with Gasteiger partial charge in [-0.15, -0.1) is 0 Å². The molecule has 0 aliphatic heterocycles. The van der Waals surface area contributed by atoms with E-state index in [0.717, 1.165) is 12.8 Å². The summed E-state index contributed by atoms with van der Waals surface area (Å²) in [5.74, 6) is 1.30. The van der Waals surface area contributed by atoms with Gasteiger partial charge >= 0.3 is 0 Å². The van der Waals surface area contributed by atoms with Crippen LogP contribution in [-0.2, 0) is 0 Å². The van der Waals surface area contributed by atoms with Crippen molar-refractivity contribution in [3.05, 3.63) is 0 Å². The van der Waals surface area contributed by atoms with Gasteiger partial charge in [0.1, 0.15) is 0 Å². The van der Waals surface area contributed by atoms with Crippen LogP contribution < -0.4 is 0 Å². The average molecular weight is 186 g/mol. The number of rotatable bonds is 2. The predicted molar refractivity (Wildman–Crippen MR) is 48.0 cm³/mol. The van der Waals surface area contributed by atoms with Gasteiger partial charge in [0.15, 0.2) is 0 Å². The normalized spacial score (nSPS) is 46.4. The SMILES string of the molecule is OCC(O)C1CC2CCC2CC1O. The van der Waals surface area contributed by atoms with E-state index in [2.05, 4.69) is 0 Å². The van der Waals surface area contributed by atoms with Crippen molar-refractivity contribution in [1.82, 2.24) is 0 Å². The molecule has 0 radical (unpaired) electrons. The lowest BCUT2D eigenvalue weighted by Gasteiger charge is -2.47. The van der Waals surface area contributed by atoms with E-state index in [0.29, 0.717) is 11.8 Å². The summed E-state index contributed by atoms with van der Waals surface area (Å²) in [4.78, 5) is 0. The molecule has 0 aromatic heterocycles. The van der Waals surface area contributed by atoms with Crippen molar-refractivity contribution in [2.75, 3.05) is 6.61 Å². The monoisotopic (exact) mass is 186 g/mol. The van der Waals surface area contributed by atoms with E-state index in [1.54, 1.807) is 0 Å². The van der Waals surface area contributed by atoms with E-state index < -0.39 is 12.2 Å². The van der Waals surface area contributed by atoms with Gasteiger partial charge in [-0.1, -0.05) is 0 Å². The molecule has 2 aliphatic rings. The Morgan fingerprint density at radius 2 is 1.77 bits per heavy atom. The summed E-state index contributed by atoms with van der Waals surface area (Å²) in [6, 6.07) is 0. The lowest BCUT2D eigenvalue weighted by atomic mass is 9.61. The van der Waals surface area contributed by atoms with Crippen LogP contribution in [0.5, 0.6) is 0 Å². The third-order valence-electron chi connectivity index (χ3n) is 3.87. The molecule has 5 atom stereocenters. The van der Waals surface area contributed by atoms with E-state index in [1.165, 1.54) is 12.8 Å². The minimum absolute atomic E-state index is 0.0912. The maximum atomic E-state index is 9.72. The predicted octanol–water partition coefficient (Wildman–Crippen LogP) is 0.137. The molecular weight excluding hydrogens is 168 g/mol. The van der Waals surface area contributed by atoms with Crippen LogP contribution in [0.25, 0.3) is 0 Å². The fourth-order valence-corrected chi connectivity index (χ4v) is 2.80. The molecule has 0 aromatic carbocycles. The Labute approximate surface area is 78.4 Å². The maximum absolute atomic E-state index is 9.72. The highest BCUT2D eigenvalue weighted by Gasteiger charge is 2.43. The zero-order chi connectivity index (χ0) is 9.42. The molecule has 0 spiro atoms. The van der Waals surface area contributed by atoms with Gasteiger partial charge in [-0.25, -0.2) is 0 Å². The van der Waals surface area contributed by atoms with Crippen LogP contribution in [0, 0.1) is 17.8 Å². The second-order valence-electron chi connectivity index (χ2n) is 4.55. The smallest absolute Gasteiger partial charge is 0.0823 e.